The van der Waals surface area contributed by atoms with Crippen LogP contribution in [0.1, 0.15) is 19.8 Å². The molecule has 0 saturated carbocycles. The molecule has 0 bridgehead atoms. The number of anilines is 1. The van der Waals surface area contributed by atoms with Crippen molar-refractivity contribution >= 4 is 40.9 Å². The van der Waals surface area contributed by atoms with Gasteiger partial charge in [-0.15, -0.1) is 11.8 Å². The first-order valence-corrected chi connectivity index (χ1v) is 7.34. The lowest BCUT2D eigenvalue weighted by Crippen LogP contribution is -2.31. The average molecular weight is 299 g/mol. The fourth-order valence-electron chi connectivity index (χ4n) is 1.97. The molecule has 4 nitrogen and oxygen atoms in total. The van der Waals surface area contributed by atoms with Gasteiger partial charge in [0.05, 0.1) is 10.3 Å². The molecule has 2 amide bonds. The molecule has 2 rings (SSSR count). The molecule has 6 heteroatoms. The summed E-state index contributed by atoms with van der Waals surface area (Å²) < 4.78 is 0. The van der Waals surface area contributed by atoms with Crippen molar-refractivity contribution in [3.8, 4) is 0 Å². The number of amides is 2. The van der Waals surface area contributed by atoms with E-state index in [1.54, 1.807) is 18.2 Å². The van der Waals surface area contributed by atoms with E-state index >= 15 is 0 Å². The predicted octanol–water partition coefficient (Wildman–Crippen LogP) is 2.55. The van der Waals surface area contributed by atoms with Crippen molar-refractivity contribution in [2.24, 2.45) is 0 Å². The summed E-state index contributed by atoms with van der Waals surface area (Å²) in [5, 5.41) is 0.159. The highest BCUT2D eigenvalue weighted by atomic mass is 35.5. The second-order valence-corrected chi connectivity index (χ2v) is 6.04. The van der Waals surface area contributed by atoms with Crippen molar-refractivity contribution in [1.29, 1.82) is 0 Å². The normalized spacial score (nSPS) is 19.3. The van der Waals surface area contributed by atoms with Crippen LogP contribution in [-0.4, -0.2) is 28.5 Å². The van der Waals surface area contributed by atoms with Crippen molar-refractivity contribution in [3.63, 3.8) is 0 Å². The van der Waals surface area contributed by atoms with E-state index in [1.807, 2.05) is 6.92 Å². The predicted molar refractivity (Wildman–Crippen MR) is 77.1 cm³/mol. The lowest BCUT2D eigenvalue weighted by atomic mass is 10.3. The Morgan fingerprint density at radius 3 is 2.89 bits per heavy atom. The minimum absolute atomic E-state index is 0.107. The maximum atomic E-state index is 12.1. The maximum Gasteiger partial charge on any atom is 0.243 e. The number of benzene rings is 1. The molecule has 0 aliphatic carbocycles. The van der Waals surface area contributed by atoms with Gasteiger partial charge in [-0.25, -0.2) is 0 Å². The molecule has 1 heterocycles. The van der Waals surface area contributed by atoms with Gasteiger partial charge in [-0.1, -0.05) is 18.5 Å². The number of hydrogen-bond donors (Lipinski definition) is 1. The van der Waals surface area contributed by atoms with Crippen molar-refractivity contribution < 1.29 is 9.59 Å². The summed E-state index contributed by atoms with van der Waals surface area (Å²) in [6, 6.07) is 5.13. The number of thioether (sulfide) groups is 1. The number of nitrogen functional groups attached to an aromatic ring is 1. The minimum Gasteiger partial charge on any atom is -0.399 e. The standard InChI is InChI=1S/C13H15ClN2O2S/c1-2-5-16-12(17)7-11(13(16)18)19-10-6-8(15)3-4-9(10)14/h3-4,6,11H,2,5,7,15H2,1H3. The monoisotopic (exact) mass is 298 g/mol. The van der Waals surface area contributed by atoms with Crippen LogP contribution in [-0.2, 0) is 9.59 Å². The molecule has 1 saturated heterocycles. The van der Waals surface area contributed by atoms with Crippen LogP contribution in [0.25, 0.3) is 0 Å². The molecular weight excluding hydrogens is 284 g/mol. The highest BCUT2D eigenvalue weighted by Crippen LogP contribution is 2.36. The van der Waals surface area contributed by atoms with Gasteiger partial charge >= 0.3 is 0 Å². The number of carbonyl (C=O) groups excluding carboxylic acids is 2. The first-order valence-electron chi connectivity index (χ1n) is 6.08. The van der Waals surface area contributed by atoms with Gasteiger partial charge in [-0.2, -0.15) is 0 Å². The summed E-state index contributed by atoms with van der Waals surface area (Å²) in [6.45, 7) is 2.43. The van der Waals surface area contributed by atoms with Crippen molar-refractivity contribution in [3.05, 3.63) is 23.2 Å². The van der Waals surface area contributed by atoms with E-state index in [2.05, 4.69) is 0 Å². The van der Waals surface area contributed by atoms with Crippen LogP contribution in [0.3, 0.4) is 0 Å². The van der Waals surface area contributed by atoms with E-state index in [1.165, 1.54) is 16.7 Å². The average Bonchev–Trinajstić information content (AvgIpc) is 2.62. The van der Waals surface area contributed by atoms with Gasteiger partial charge in [0.25, 0.3) is 0 Å². The van der Waals surface area contributed by atoms with Crippen molar-refractivity contribution in [2.45, 2.75) is 29.9 Å². The van der Waals surface area contributed by atoms with E-state index in [0.29, 0.717) is 17.3 Å². The molecule has 0 aromatic heterocycles. The topological polar surface area (TPSA) is 63.4 Å². The lowest BCUT2D eigenvalue weighted by Gasteiger charge is -2.13. The van der Waals surface area contributed by atoms with Gasteiger partial charge in [0.1, 0.15) is 0 Å². The Kier molecular flexibility index (Phi) is 4.37. The van der Waals surface area contributed by atoms with Crippen molar-refractivity contribution in [1.82, 2.24) is 4.90 Å². The molecule has 19 heavy (non-hydrogen) atoms. The third kappa shape index (κ3) is 3.04. The molecule has 1 aromatic rings. The molecule has 1 aliphatic rings. The molecule has 1 atom stereocenters. The van der Waals surface area contributed by atoms with Crippen LogP contribution in [0.5, 0.6) is 0 Å². The van der Waals surface area contributed by atoms with Crippen LogP contribution < -0.4 is 5.73 Å². The van der Waals surface area contributed by atoms with E-state index in [9.17, 15) is 9.59 Å². The van der Waals surface area contributed by atoms with Gasteiger partial charge in [-0.05, 0) is 24.6 Å². The fourth-order valence-corrected chi connectivity index (χ4v) is 3.36. The molecule has 0 radical (unpaired) electrons. The second-order valence-electron chi connectivity index (χ2n) is 4.38. The second kappa shape index (κ2) is 5.84. The van der Waals surface area contributed by atoms with Gasteiger partial charge in [-0.3, -0.25) is 14.5 Å². The number of nitrogens with two attached hydrogens (primary N) is 1. The highest BCUT2D eigenvalue weighted by Gasteiger charge is 2.38. The van der Waals surface area contributed by atoms with Crippen LogP contribution in [0.2, 0.25) is 5.02 Å². The zero-order valence-electron chi connectivity index (χ0n) is 10.6. The number of likely N-dealkylation sites (tertiary alicyclic amines) is 1. The Labute approximate surface area is 121 Å². The van der Waals surface area contributed by atoms with Crippen molar-refractivity contribution in [2.75, 3.05) is 12.3 Å². The van der Waals surface area contributed by atoms with E-state index < -0.39 is 5.25 Å². The summed E-state index contributed by atoms with van der Waals surface area (Å²) in [5.74, 6) is -0.236. The number of hydrogen-bond acceptors (Lipinski definition) is 4. The molecule has 1 fully saturated rings. The molecule has 102 valence electrons. The van der Waals surface area contributed by atoms with Crippen LogP contribution in [0, 0.1) is 0 Å². The first kappa shape index (κ1) is 14.2. The van der Waals surface area contributed by atoms with Gasteiger partial charge < -0.3 is 5.73 Å². The van der Waals surface area contributed by atoms with E-state index in [0.717, 1.165) is 11.3 Å². The number of nitrogens with zero attached hydrogens (tertiary/aromatic N) is 1. The van der Waals surface area contributed by atoms with Crippen LogP contribution in [0.4, 0.5) is 5.69 Å². The molecule has 0 spiro atoms. The quantitative estimate of drug-likeness (QED) is 0.685. The third-order valence-electron chi connectivity index (χ3n) is 2.87. The van der Waals surface area contributed by atoms with Crippen LogP contribution >= 0.6 is 23.4 Å². The Bertz CT molecular complexity index is 521. The molecule has 2 N–H and O–H groups in total. The number of rotatable bonds is 4. The number of imide groups is 1. The summed E-state index contributed by atoms with van der Waals surface area (Å²) in [7, 11) is 0. The van der Waals surface area contributed by atoms with Crippen LogP contribution in [0.15, 0.2) is 23.1 Å². The largest absolute Gasteiger partial charge is 0.399 e. The summed E-state index contributed by atoms with van der Waals surface area (Å²) in [6.07, 6.45) is 1.00. The fraction of sp³-hybridized carbons (Fsp3) is 0.385. The Hall–Kier alpha value is -1.20. The molecule has 1 aliphatic heterocycles. The summed E-state index contributed by atoms with van der Waals surface area (Å²) in [4.78, 5) is 26.0. The smallest absolute Gasteiger partial charge is 0.243 e. The Morgan fingerprint density at radius 2 is 2.21 bits per heavy atom. The molecule has 1 unspecified atom stereocenters. The number of carbonyl (C=O) groups is 2. The van der Waals surface area contributed by atoms with Gasteiger partial charge in [0.2, 0.25) is 11.8 Å². The SMILES string of the molecule is CCCN1C(=O)CC(Sc2cc(N)ccc2Cl)C1=O. The molecule has 1 aromatic carbocycles. The minimum atomic E-state index is -0.390. The van der Waals surface area contributed by atoms with E-state index in [4.69, 9.17) is 17.3 Å². The third-order valence-corrected chi connectivity index (χ3v) is 4.56. The Balaban J connectivity index is 2.14. The Morgan fingerprint density at radius 1 is 1.47 bits per heavy atom. The maximum absolute atomic E-state index is 12.1. The summed E-state index contributed by atoms with van der Waals surface area (Å²) in [5.41, 5.74) is 6.30. The first-order chi connectivity index (χ1) is 9.02. The summed E-state index contributed by atoms with van der Waals surface area (Å²) >= 11 is 7.38. The van der Waals surface area contributed by atoms with Gasteiger partial charge in [0, 0.05) is 23.5 Å². The number of halogens is 1. The van der Waals surface area contributed by atoms with E-state index in [-0.39, 0.29) is 18.2 Å². The zero-order chi connectivity index (χ0) is 14.0. The highest BCUT2D eigenvalue weighted by molar-refractivity contribution is 8.00. The molecular formula is C13H15ClN2O2S. The lowest BCUT2D eigenvalue weighted by molar-refractivity contribution is -0.138. The zero-order valence-corrected chi connectivity index (χ0v) is 12.1. The van der Waals surface area contributed by atoms with Gasteiger partial charge in [0.15, 0.2) is 0 Å².